The molecule has 1 N–H and O–H groups in total. The van der Waals surface area contributed by atoms with Crippen LogP contribution in [0.1, 0.15) is 23.3 Å². The average molecular weight is 488 g/mol. The van der Waals surface area contributed by atoms with E-state index < -0.39 is 6.04 Å². The lowest BCUT2D eigenvalue weighted by Gasteiger charge is -2.36. The van der Waals surface area contributed by atoms with Gasteiger partial charge in [0.05, 0.1) is 19.1 Å². The number of thiophene rings is 1. The van der Waals surface area contributed by atoms with Crippen molar-refractivity contribution in [3.8, 4) is 22.2 Å². The summed E-state index contributed by atoms with van der Waals surface area (Å²) < 4.78 is 12.7. The highest BCUT2D eigenvalue weighted by Crippen LogP contribution is 2.29. The van der Waals surface area contributed by atoms with Crippen LogP contribution in [0.2, 0.25) is 0 Å². The zero-order chi connectivity index (χ0) is 23.5. The number of methoxy groups -OCH3 is 2. The minimum absolute atomic E-state index is 0.0523. The number of amides is 2. The summed E-state index contributed by atoms with van der Waals surface area (Å²) in [5, 5.41) is 9.07. The number of hydrogen-bond acceptors (Lipinski definition) is 7. The van der Waals surface area contributed by atoms with Crippen molar-refractivity contribution >= 4 is 35.4 Å². The molecule has 0 bridgehead atoms. The van der Waals surface area contributed by atoms with E-state index in [4.69, 9.17) is 21.7 Å². The van der Waals surface area contributed by atoms with Crippen LogP contribution in [0.25, 0.3) is 10.7 Å². The summed E-state index contributed by atoms with van der Waals surface area (Å²) in [5.41, 5.74) is 0.520. The van der Waals surface area contributed by atoms with Crippen LogP contribution in [0.4, 0.5) is 0 Å². The van der Waals surface area contributed by atoms with E-state index in [2.05, 4.69) is 10.2 Å². The van der Waals surface area contributed by atoms with Crippen molar-refractivity contribution in [1.29, 1.82) is 0 Å². The van der Waals surface area contributed by atoms with Gasteiger partial charge in [-0.15, -0.1) is 11.3 Å². The molecule has 2 amide bonds. The minimum Gasteiger partial charge on any atom is -0.493 e. The van der Waals surface area contributed by atoms with Gasteiger partial charge in [-0.1, -0.05) is 6.07 Å². The quantitative estimate of drug-likeness (QED) is 0.537. The maximum atomic E-state index is 13.3. The van der Waals surface area contributed by atoms with Crippen molar-refractivity contribution in [3.05, 3.63) is 46.0 Å². The van der Waals surface area contributed by atoms with Crippen molar-refractivity contribution < 1.29 is 19.1 Å². The molecule has 1 saturated heterocycles. The third-order valence-corrected chi connectivity index (χ3v) is 6.85. The first-order valence-electron chi connectivity index (χ1n) is 10.5. The third kappa shape index (κ3) is 4.51. The Kier molecular flexibility index (Phi) is 6.80. The second-order valence-corrected chi connectivity index (χ2v) is 8.90. The first-order chi connectivity index (χ1) is 15.9. The van der Waals surface area contributed by atoms with Crippen LogP contribution in [-0.4, -0.2) is 76.8 Å². The number of carbonyl (C=O) groups is 2. The molecule has 1 fully saturated rings. The van der Waals surface area contributed by atoms with Gasteiger partial charge in [-0.3, -0.25) is 19.3 Å². The number of nitrogens with one attached hydrogen (secondary N) is 1. The van der Waals surface area contributed by atoms with Crippen LogP contribution in [0.15, 0.2) is 35.7 Å². The first-order valence-corrected chi connectivity index (χ1v) is 11.7. The molecule has 0 saturated carbocycles. The van der Waals surface area contributed by atoms with E-state index in [9.17, 15) is 9.59 Å². The summed E-state index contributed by atoms with van der Waals surface area (Å²) in [6.07, 6.45) is 0. The SMILES string of the molecule is COc1ccc(C(=O)N2CCN(C(=O)C(C)n3c(-c4cccs4)n[nH]c3=S)CC2)cc1OC. The van der Waals surface area contributed by atoms with Gasteiger partial charge in [0.1, 0.15) is 6.04 Å². The molecule has 3 heterocycles. The fourth-order valence-corrected chi connectivity index (χ4v) is 4.90. The van der Waals surface area contributed by atoms with Gasteiger partial charge >= 0.3 is 0 Å². The van der Waals surface area contributed by atoms with Crippen LogP contribution in [0.5, 0.6) is 11.5 Å². The van der Waals surface area contributed by atoms with Crippen molar-refractivity contribution in [1.82, 2.24) is 24.6 Å². The molecule has 1 aromatic carbocycles. The number of H-pyrrole nitrogens is 1. The largest absolute Gasteiger partial charge is 0.493 e. The summed E-state index contributed by atoms with van der Waals surface area (Å²) >= 11 is 6.93. The predicted octanol–water partition coefficient (Wildman–Crippen LogP) is 3.23. The fraction of sp³-hybridized carbons (Fsp3) is 0.364. The van der Waals surface area contributed by atoms with E-state index in [0.29, 0.717) is 53.8 Å². The molecule has 3 aromatic rings. The van der Waals surface area contributed by atoms with Gasteiger partial charge in [-0.05, 0) is 48.8 Å². The number of aromatic amines is 1. The van der Waals surface area contributed by atoms with Crippen molar-refractivity contribution in [2.24, 2.45) is 0 Å². The Balaban J connectivity index is 1.43. The molecule has 1 aliphatic rings. The fourth-order valence-electron chi connectivity index (χ4n) is 3.90. The molecule has 0 aliphatic carbocycles. The van der Waals surface area contributed by atoms with Crippen molar-refractivity contribution in [2.75, 3.05) is 40.4 Å². The van der Waals surface area contributed by atoms with Gasteiger partial charge < -0.3 is 19.3 Å². The summed E-state index contributed by atoms with van der Waals surface area (Å²) in [6.45, 7) is 3.61. The van der Waals surface area contributed by atoms with E-state index >= 15 is 0 Å². The van der Waals surface area contributed by atoms with Crippen molar-refractivity contribution in [2.45, 2.75) is 13.0 Å². The molecule has 9 nitrogen and oxygen atoms in total. The smallest absolute Gasteiger partial charge is 0.254 e. The highest BCUT2D eigenvalue weighted by molar-refractivity contribution is 7.71. The number of carbonyl (C=O) groups excluding carboxylic acids is 2. The molecule has 33 heavy (non-hydrogen) atoms. The van der Waals surface area contributed by atoms with Crippen LogP contribution >= 0.6 is 23.6 Å². The summed E-state index contributed by atoms with van der Waals surface area (Å²) in [5.74, 6) is 1.57. The number of piperazine rings is 1. The van der Waals surface area contributed by atoms with Crippen molar-refractivity contribution in [3.63, 3.8) is 0 Å². The third-order valence-electron chi connectivity index (χ3n) is 5.70. The van der Waals surface area contributed by atoms with E-state index in [1.165, 1.54) is 18.4 Å². The lowest BCUT2D eigenvalue weighted by molar-refractivity contribution is -0.135. The number of benzene rings is 1. The Morgan fingerprint density at radius 1 is 1.09 bits per heavy atom. The van der Waals surface area contributed by atoms with Gasteiger partial charge in [0.25, 0.3) is 5.91 Å². The molecule has 4 rings (SSSR count). The summed E-state index contributed by atoms with van der Waals surface area (Å²) in [7, 11) is 3.09. The number of ether oxygens (including phenoxy) is 2. The zero-order valence-corrected chi connectivity index (χ0v) is 20.2. The number of aromatic nitrogens is 3. The van der Waals surface area contributed by atoms with E-state index in [-0.39, 0.29) is 11.8 Å². The Bertz CT molecular complexity index is 1200. The maximum absolute atomic E-state index is 13.3. The molecule has 1 unspecified atom stereocenters. The number of hydrogen-bond donors (Lipinski definition) is 1. The summed E-state index contributed by atoms with van der Waals surface area (Å²) in [4.78, 5) is 30.7. The molecule has 0 spiro atoms. The standard InChI is InChI=1S/C22H25N5O4S2/c1-14(27-19(23-24-22(27)32)18-5-4-12-33-18)20(28)25-8-10-26(11-9-25)21(29)15-6-7-16(30-2)17(13-15)31-3/h4-7,12-14H,8-11H2,1-3H3,(H,24,32). The first kappa shape index (κ1) is 23.0. The van der Waals surface area contributed by atoms with Gasteiger partial charge in [-0.25, -0.2) is 0 Å². The van der Waals surface area contributed by atoms with E-state index in [0.717, 1.165) is 4.88 Å². The molecule has 1 atom stereocenters. The predicted molar refractivity (Wildman–Crippen MR) is 127 cm³/mol. The normalized spacial score (nSPS) is 14.8. The zero-order valence-electron chi connectivity index (χ0n) is 18.6. The highest BCUT2D eigenvalue weighted by atomic mass is 32.1. The lowest BCUT2D eigenvalue weighted by Crippen LogP contribution is -2.52. The van der Waals surface area contributed by atoms with Crippen LogP contribution < -0.4 is 9.47 Å². The Morgan fingerprint density at radius 3 is 2.42 bits per heavy atom. The Labute approximate surface area is 200 Å². The second-order valence-electron chi connectivity index (χ2n) is 7.56. The van der Waals surface area contributed by atoms with Crippen LogP contribution in [0, 0.1) is 4.77 Å². The minimum atomic E-state index is -0.513. The average Bonchev–Trinajstić information content (AvgIpc) is 3.52. The second kappa shape index (κ2) is 9.75. The Hall–Kier alpha value is -3.18. The van der Waals surface area contributed by atoms with E-state index in [1.54, 1.807) is 39.7 Å². The molecule has 0 radical (unpaired) electrons. The van der Waals surface area contributed by atoms with Gasteiger partial charge in [0, 0.05) is 31.7 Å². The van der Waals surface area contributed by atoms with Crippen LogP contribution in [0.3, 0.4) is 0 Å². The molecule has 11 heteroatoms. The topological polar surface area (TPSA) is 92.7 Å². The molecular weight excluding hydrogens is 462 g/mol. The molecular formula is C22H25N5O4S2. The Morgan fingerprint density at radius 2 is 1.79 bits per heavy atom. The maximum Gasteiger partial charge on any atom is 0.254 e. The summed E-state index contributed by atoms with van der Waals surface area (Å²) in [6, 6.07) is 8.48. The number of nitrogens with zero attached hydrogens (tertiary/aromatic N) is 4. The van der Waals surface area contributed by atoms with Gasteiger partial charge in [0.2, 0.25) is 5.91 Å². The lowest BCUT2D eigenvalue weighted by atomic mass is 10.1. The van der Waals surface area contributed by atoms with E-state index in [1.807, 2.05) is 24.4 Å². The monoisotopic (exact) mass is 487 g/mol. The van der Waals surface area contributed by atoms with Gasteiger partial charge in [0.15, 0.2) is 22.1 Å². The van der Waals surface area contributed by atoms with Crippen LogP contribution in [-0.2, 0) is 4.79 Å². The molecule has 174 valence electrons. The van der Waals surface area contributed by atoms with Gasteiger partial charge in [-0.2, -0.15) is 5.10 Å². The molecule has 2 aromatic heterocycles. The number of rotatable bonds is 6. The highest BCUT2D eigenvalue weighted by Gasteiger charge is 2.30. The molecule has 1 aliphatic heterocycles.